The van der Waals surface area contributed by atoms with Crippen molar-refractivity contribution in [1.29, 1.82) is 5.26 Å². The highest BCUT2D eigenvalue weighted by molar-refractivity contribution is 6.30. The second-order valence-electron chi connectivity index (χ2n) is 7.85. The maximum absolute atomic E-state index is 11.3. The molecule has 2 aromatic rings. The number of aromatic nitrogens is 2. The van der Waals surface area contributed by atoms with Crippen molar-refractivity contribution in [3.63, 3.8) is 0 Å². The number of nitrogens with zero attached hydrogens (tertiary/aromatic N) is 2. The molecule has 8 nitrogen and oxygen atoms in total. The van der Waals surface area contributed by atoms with Crippen LogP contribution in [0.1, 0.15) is 67.8 Å². The molecule has 1 heterocycles. The lowest BCUT2D eigenvalue weighted by atomic mass is 9.95. The third-order valence-corrected chi connectivity index (χ3v) is 5.47. The van der Waals surface area contributed by atoms with Crippen molar-refractivity contribution in [1.82, 2.24) is 15.5 Å². The lowest BCUT2D eigenvalue weighted by molar-refractivity contribution is -0.117. The molecule has 0 aliphatic heterocycles. The second kappa shape index (κ2) is 13.5. The molecule has 2 amide bonds. The number of hydrogen-bond donors (Lipinski definition) is 4. The van der Waals surface area contributed by atoms with Gasteiger partial charge in [0.15, 0.2) is 0 Å². The van der Waals surface area contributed by atoms with E-state index in [1.807, 2.05) is 12.1 Å². The van der Waals surface area contributed by atoms with E-state index in [0.29, 0.717) is 0 Å². The molecule has 172 valence electrons. The monoisotopic (exact) mass is 458 g/mol. The zero-order valence-electron chi connectivity index (χ0n) is 18.4. The van der Waals surface area contributed by atoms with Gasteiger partial charge in [0.2, 0.25) is 5.91 Å². The fourth-order valence-electron chi connectivity index (χ4n) is 3.31. The van der Waals surface area contributed by atoms with E-state index < -0.39 is 5.91 Å². The normalized spacial score (nSPS) is 15.3. The second-order valence-corrected chi connectivity index (χ2v) is 8.29. The standard InChI is InChI=1S/C13H18ClN.C8H10N4O2.C2H3N/c14-12-8-6-11(7-9-12)10-15-13-4-2-1-3-5-13;9-6(13)5-3-10-12-7(5)11-8(14)4-1-2-4;1-2-3/h6-9,13,15H,1-5,10H2;3-4H,1-2H2,(H2,9,13)(H2,10,11,12,14);1H3. The summed E-state index contributed by atoms with van der Waals surface area (Å²) in [7, 11) is 0. The molecule has 1 aromatic carbocycles. The van der Waals surface area contributed by atoms with Crippen molar-refractivity contribution < 1.29 is 9.59 Å². The first-order valence-corrected chi connectivity index (χ1v) is 11.2. The highest BCUT2D eigenvalue weighted by Crippen LogP contribution is 2.30. The molecule has 0 bridgehead atoms. The van der Waals surface area contributed by atoms with E-state index in [1.165, 1.54) is 50.8 Å². The van der Waals surface area contributed by atoms with Gasteiger partial charge in [-0.1, -0.05) is 43.0 Å². The first-order valence-electron chi connectivity index (χ1n) is 10.9. The Morgan fingerprint density at radius 2 is 1.81 bits per heavy atom. The van der Waals surface area contributed by atoms with Crippen LogP contribution in [0.25, 0.3) is 0 Å². The number of amides is 2. The maximum atomic E-state index is 11.3. The van der Waals surface area contributed by atoms with Crippen LogP contribution < -0.4 is 16.4 Å². The minimum atomic E-state index is -0.607. The van der Waals surface area contributed by atoms with Crippen LogP contribution >= 0.6 is 11.6 Å². The highest BCUT2D eigenvalue weighted by Gasteiger charge is 2.30. The van der Waals surface area contributed by atoms with Crippen molar-refractivity contribution in [2.45, 2.75) is 64.5 Å². The van der Waals surface area contributed by atoms with Gasteiger partial charge >= 0.3 is 0 Å². The van der Waals surface area contributed by atoms with Crippen LogP contribution in [0.3, 0.4) is 0 Å². The van der Waals surface area contributed by atoms with Crippen LogP contribution in [-0.2, 0) is 11.3 Å². The Labute approximate surface area is 193 Å². The van der Waals surface area contributed by atoms with E-state index >= 15 is 0 Å². The summed E-state index contributed by atoms with van der Waals surface area (Å²) < 4.78 is 0. The number of anilines is 1. The minimum Gasteiger partial charge on any atom is -0.365 e. The summed E-state index contributed by atoms with van der Waals surface area (Å²) in [5.41, 5.74) is 6.61. The Hall–Kier alpha value is -2.89. The highest BCUT2D eigenvalue weighted by atomic mass is 35.5. The number of primary amides is 1. The summed E-state index contributed by atoms with van der Waals surface area (Å²) >= 11 is 5.84. The number of nitrogens with two attached hydrogens (primary N) is 1. The van der Waals surface area contributed by atoms with Crippen LogP contribution in [-0.4, -0.2) is 28.1 Å². The Balaban J connectivity index is 0.000000203. The SMILES string of the molecule is CC#N.Clc1ccc(CNC2CCCCC2)cc1.NC(=O)c1cn[nH]c1NC(=O)C1CC1. The molecule has 0 unspecified atom stereocenters. The molecular formula is C23H31ClN6O2. The van der Waals surface area contributed by atoms with Gasteiger partial charge in [-0.15, -0.1) is 0 Å². The van der Waals surface area contributed by atoms with E-state index in [1.54, 1.807) is 6.07 Å². The summed E-state index contributed by atoms with van der Waals surface area (Å²) in [6.07, 6.45) is 9.99. The molecule has 0 saturated heterocycles. The summed E-state index contributed by atoms with van der Waals surface area (Å²) in [6.45, 7) is 2.40. The zero-order chi connectivity index (χ0) is 23.3. The summed E-state index contributed by atoms with van der Waals surface area (Å²) in [5.74, 6) is -0.324. The van der Waals surface area contributed by atoms with Crippen LogP contribution in [0, 0.1) is 17.2 Å². The Morgan fingerprint density at radius 3 is 2.38 bits per heavy atom. The van der Waals surface area contributed by atoms with Crippen LogP contribution in [0.15, 0.2) is 30.5 Å². The molecule has 2 aliphatic carbocycles. The third kappa shape index (κ3) is 9.08. The molecule has 0 atom stereocenters. The number of H-pyrrole nitrogens is 1. The molecule has 9 heteroatoms. The number of carbonyl (C=O) groups is 2. The van der Waals surface area contributed by atoms with Gasteiger partial charge in [0.1, 0.15) is 11.4 Å². The van der Waals surface area contributed by atoms with E-state index in [2.05, 4.69) is 33.0 Å². The van der Waals surface area contributed by atoms with Crippen molar-refractivity contribution in [3.8, 4) is 6.07 Å². The lowest BCUT2D eigenvalue weighted by Gasteiger charge is -2.22. The Morgan fingerprint density at radius 1 is 1.19 bits per heavy atom. The van der Waals surface area contributed by atoms with Crippen LogP contribution in [0.2, 0.25) is 5.02 Å². The molecule has 32 heavy (non-hydrogen) atoms. The minimum absolute atomic E-state index is 0.0824. The molecule has 0 spiro atoms. The Bertz CT molecular complexity index is 896. The quantitative estimate of drug-likeness (QED) is 0.515. The van der Waals surface area contributed by atoms with Crippen molar-refractivity contribution in [2.24, 2.45) is 11.7 Å². The average Bonchev–Trinajstić information content (AvgIpc) is 3.54. The predicted molar refractivity (Wildman–Crippen MR) is 125 cm³/mol. The molecule has 2 saturated carbocycles. The fourth-order valence-corrected chi connectivity index (χ4v) is 3.44. The van der Waals surface area contributed by atoms with Gasteiger partial charge in [0, 0.05) is 30.5 Å². The lowest BCUT2D eigenvalue weighted by Crippen LogP contribution is -2.30. The fraction of sp³-hybridized carbons (Fsp3) is 0.478. The molecule has 4 rings (SSSR count). The molecule has 2 fully saturated rings. The number of rotatable bonds is 6. The topological polar surface area (TPSA) is 137 Å². The van der Waals surface area contributed by atoms with E-state index in [9.17, 15) is 9.59 Å². The average molecular weight is 459 g/mol. The molecular weight excluding hydrogens is 428 g/mol. The smallest absolute Gasteiger partial charge is 0.254 e. The Kier molecular flexibility index (Phi) is 10.7. The van der Waals surface area contributed by atoms with Crippen molar-refractivity contribution in [3.05, 3.63) is 46.6 Å². The number of benzene rings is 1. The molecule has 5 N–H and O–H groups in total. The number of aromatic amines is 1. The molecule has 0 radical (unpaired) electrons. The first kappa shape index (κ1) is 25.4. The molecule has 2 aliphatic rings. The van der Waals surface area contributed by atoms with Crippen LogP contribution in [0.4, 0.5) is 5.82 Å². The number of hydrogen-bond acceptors (Lipinski definition) is 5. The number of nitrogens with one attached hydrogen (secondary N) is 3. The molecule has 1 aromatic heterocycles. The van der Waals surface area contributed by atoms with Gasteiger partial charge in [-0.2, -0.15) is 10.4 Å². The van der Waals surface area contributed by atoms with Gasteiger partial charge in [0.25, 0.3) is 5.91 Å². The van der Waals surface area contributed by atoms with E-state index in [4.69, 9.17) is 22.6 Å². The van der Waals surface area contributed by atoms with Gasteiger partial charge in [-0.3, -0.25) is 14.7 Å². The largest absolute Gasteiger partial charge is 0.365 e. The van der Waals surface area contributed by atoms with Crippen LogP contribution in [0.5, 0.6) is 0 Å². The van der Waals surface area contributed by atoms with Gasteiger partial charge in [-0.05, 0) is 43.4 Å². The van der Waals surface area contributed by atoms with Gasteiger partial charge < -0.3 is 16.4 Å². The third-order valence-electron chi connectivity index (χ3n) is 5.21. The summed E-state index contributed by atoms with van der Waals surface area (Å²) in [6, 6.07) is 10.6. The predicted octanol–water partition coefficient (Wildman–Crippen LogP) is 4.15. The number of nitriles is 1. The number of carbonyl (C=O) groups excluding carboxylic acids is 2. The van der Waals surface area contributed by atoms with E-state index in [0.717, 1.165) is 30.5 Å². The van der Waals surface area contributed by atoms with Gasteiger partial charge in [-0.25, -0.2) is 0 Å². The zero-order valence-corrected chi connectivity index (χ0v) is 19.1. The number of halogens is 1. The van der Waals surface area contributed by atoms with Crippen molar-refractivity contribution in [2.75, 3.05) is 5.32 Å². The van der Waals surface area contributed by atoms with E-state index in [-0.39, 0.29) is 23.2 Å². The summed E-state index contributed by atoms with van der Waals surface area (Å²) in [5, 5.41) is 20.5. The first-order chi connectivity index (χ1) is 15.4. The summed E-state index contributed by atoms with van der Waals surface area (Å²) in [4.78, 5) is 22.2. The van der Waals surface area contributed by atoms with Crippen molar-refractivity contribution >= 4 is 29.2 Å². The maximum Gasteiger partial charge on any atom is 0.254 e. The van der Waals surface area contributed by atoms with Gasteiger partial charge in [0.05, 0.1) is 12.3 Å².